The molecule has 0 bridgehead atoms. The average Bonchev–Trinajstić information content (AvgIpc) is 2.30. The van der Waals surface area contributed by atoms with Crippen molar-refractivity contribution in [2.75, 3.05) is 26.4 Å². The van der Waals surface area contributed by atoms with E-state index in [-0.39, 0.29) is 17.9 Å². The molecule has 0 amide bonds. The van der Waals surface area contributed by atoms with Crippen molar-refractivity contribution in [2.45, 2.75) is 44.4 Å². The van der Waals surface area contributed by atoms with Gasteiger partial charge in [0.1, 0.15) is 0 Å². The van der Waals surface area contributed by atoms with Crippen LogP contribution in [-0.2, 0) is 14.8 Å². The summed E-state index contributed by atoms with van der Waals surface area (Å²) in [5.41, 5.74) is 0. The van der Waals surface area contributed by atoms with Crippen molar-refractivity contribution >= 4 is 10.0 Å². The van der Waals surface area contributed by atoms with E-state index in [0.717, 1.165) is 0 Å². The molecule has 0 aliphatic carbocycles. The van der Waals surface area contributed by atoms with E-state index < -0.39 is 10.0 Å². The Morgan fingerprint density at radius 2 is 1.94 bits per heavy atom. The third kappa shape index (κ3) is 3.91. The summed E-state index contributed by atoms with van der Waals surface area (Å²) in [5.74, 6) is 0. The molecule has 0 aromatic heterocycles. The van der Waals surface area contributed by atoms with Gasteiger partial charge in [-0.05, 0) is 33.1 Å². The van der Waals surface area contributed by atoms with Crippen molar-refractivity contribution in [2.24, 2.45) is 0 Å². The molecular formula is C11H23NO4S. The highest BCUT2D eigenvalue weighted by atomic mass is 32.2. The van der Waals surface area contributed by atoms with E-state index in [4.69, 9.17) is 9.84 Å². The highest BCUT2D eigenvalue weighted by Crippen LogP contribution is 2.21. The van der Waals surface area contributed by atoms with Gasteiger partial charge in [0.05, 0.1) is 5.25 Å². The maximum atomic E-state index is 12.4. The minimum Gasteiger partial charge on any atom is -0.396 e. The zero-order valence-electron chi connectivity index (χ0n) is 10.6. The molecule has 1 heterocycles. The van der Waals surface area contributed by atoms with Gasteiger partial charge in [0.2, 0.25) is 10.0 Å². The Kier molecular flexibility index (Phi) is 5.85. The minimum absolute atomic E-state index is 0.0204. The molecular weight excluding hydrogens is 242 g/mol. The van der Waals surface area contributed by atoms with Crippen LogP contribution in [0.25, 0.3) is 0 Å². The topological polar surface area (TPSA) is 66.8 Å². The summed E-state index contributed by atoms with van der Waals surface area (Å²) in [6, 6.07) is -0.0607. The number of aliphatic hydroxyl groups excluding tert-OH is 1. The first-order valence-electron chi connectivity index (χ1n) is 6.19. The summed E-state index contributed by atoms with van der Waals surface area (Å²) in [6.45, 7) is 5.20. The van der Waals surface area contributed by atoms with Crippen molar-refractivity contribution in [3.8, 4) is 0 Å². The molecule has 0 aromatic rings. The van der Waals surface area contributed by atoms with Crippen LogP contribution in [0.15, 0.2) is 0 Å². The summed E-state index contributed by atoms with van der Waals surface area (Å²) in [4.78, 5) is 0. The van der Waals surface area contributed by atoms with Gasteiger partial charge < -0.3 is 9.84 Å². The molecule has 1 rings (SSSR count). The highest BCUT2D eigenvalue weighted by Gasteiger charge is 2.34. The van der Waals surface area contributed by atoms with Crippen LogP contribution in [0.3, 0.4) is 0 Å². The molecule has 6 heteroatoms. The number of ether oxygens (including phenoxy) is 1. The monoisotopic (exact) mass is 265 g/mol. The first kappa shape index (κ1) is 14.9. The number of hydrogen-bond donors (Lipinski definition) is 1. The standard InChI is InChI=1S/C11H23NO4S/c1-10(2)12(6-3-7-13)17(14,15)11-4-8-16-9-5-11/h10-11,13H,3-9H2,1-2H3. The van der Waals surface area contributed by atoms with E-state index in [0.29, 0.717) is 39.0 Å². The molecule has 0 saturated carbocycles. The largest absolute Gasteiger partial charge is 0.396 e. The van der Waals surface area contributed by atoms with Crippen molar-refractivity contribution in [1.29, 1.82) is 0 Å². The van der Waals surface area contributed by atoms with Crippen LogP contribution in [0.1, 0.15) is 33.1 Å². The highest BCUT2D eigenvalue weighted by molar-refractivity contribution is 7.89. The average molecular weight is 265 g/mol. The fourth-order valence-corrected chi connectivity index (χ4v) is 4.21. The second-order valence-electron chi connectivity index (χ2n) is 4.64. The lowest BCUT2D eigenvalue weighted by molar-refractivity contribution is 0.0968. The van der Waals surface area contributed by atoms with Gasteiger partial charge in [0.15, 0.2) is 0 Å². The molecule has 1 saturated heterocycles. The van der Waals surface area contributed by atoms with Crippen LogP contribution >= 0.6 is 0 Å². The molecule has 5 nitrogen and oxygen atoms in total. The van der Waals surface area contributed by atoms with Gasteiger partial charge in [-0.2, -0.15) is 4.31 Å². The minimum atomic E-state index is -3.25. The number of aliphatic hydroxyl groups is 1. The Labute approximate surface area is 104 Å². The number of sulfonamides is 1. The number of hydrogen-bond acceptors (Lipinski definition) is 4. The fraction of sp³-hybridized carbons (Fsp3) is 1.00. The summed E-state index contributed by atoms with van der Waals surface area (Å²) in [7, 11) is -3.25. The smallest absolute Gasteiger partial charge is 0.217 e. The Morgan fingerprint density at radius 1 is 1.35 bits per heavy atom. The van der Waals surface area contributed by atoms with E-state index in [1.54, 1.807) is 0 Å². The van der Waals surface area contributed by atoms with Gasteiger partial charge in [0, 0.05) is 32.4 Å². The zero-order chi connectivity index (χ0) is 12.9. The maximum Gasteiger partial charge on any atom is 0.217 e. The molecule has 17 heavy (non-hydrogen) atoms. The first-order valence-corrected chi connectivity index (χ1v) is 7.69. The third-order valence-electron chi connectivity index (χ3n) is 3.03. The maximum absolute atomic E-state index is 12.4. The Balaban J connectivity index is 2.75. The molecule has 102 valence electrons. The molecule has 1 fully saturated rings. The van der Waals surface area contributed by atoms with E-state index in [9.17, 15) is 8.42 Å². The van der Waals surface area contributed by atoms with Crippen LogP contribution in [-0.4, -0.2) is 55.5 Å². The lowest BCUT2D eigenvalue weighted by Crippen LogP contribution is -2.45. The predicted octanol–water partition coefficient (Wildman–Crippen LogP) is 0.588. The van der Waals surface area contributed by atoms with Crippen LogP contribution in [0.4, 0.5) is 0 Å². The molecule has 0 radical (unpaired) electrons. The number of rotatable bonds is 6. The summed E-state index contributed by atoms with van der Waals surface area (Å²) >= 11 is 0. The van der Waals surface area contributed by atoms with Crippen LogP contribution in [0.5, 0.6) is 0 Å². The summed E-state index contributed by atoms with van der Waals surface area (Å²) < 4.78 is 31.6. The fourth-order valence-electron chi connectivity index (χ4n) is 2.07. The van der Waals surface area contributed by atoms with Gasteiger partial charge in [-0.15, -0.1) is 0 Å². The second-order valence-corrected chi connectivity index (χ2v) is 6.80. The molecule has 1 aliphatic rings. The van der Waals surface area contributed by atoms with Crippen molar-refractivity contribution in [1.82, 2.24) is 4.31 Å². The van der Waals surface area contributed by atoms with E-state index in [1.807, 2.05) is 13.8 Å². The molecule has 0 unspecified atom stereocenters. The van der Waals surface area contributed by atoms with E-state index in [2.05, 4.69) is 0 Å². The molecule has 0 spiro atoms. The van der Waals surface area contributed by atoms with E-state index in [1.165, 1.54) is 4.31 Å². The van der Waals surface area contributed by atoms with Gasteiger partial charge in [-0.25, -0.2) is 8.42 Å². The predicted molar refractivity (Wildman–Crippen MR) is 66.3 cm³/mol. The van der Waals surface area contributed by atoms with Crippen molar-refractivity contribution < 1.29 is 18.3 Å². The van der Waals surface area contributed by atoms with Gasteiger partial charge in [-0.1, -0.05) is 0 Å². The molecule has 1 N–H and O–H groups in total. The SMILES string of the molecule is CC(C)N(CCCO)S(=O)(=O)C1CCOCC1. The van der Waals surface area contributed by atoms with E-state index >= 15 is 0 Å². The Morgan fingerprint density at radius 3 is 2.41 bits per heavy atom. The summed E-state index contributed by atoms with van der Waals surface area (Å²) in [6.07, 6.45) is 1.63. The molecule has 0 aromatic carbocycles. The Hall–Kier alpha value is -0.170. The molecule has 1 aliphatic heterocycles. The summed E-state index contributed by atoms with van der Waals surface area (Å²) in [5, 5.41) is 8.51. The lowest BCUT2D eigenvalue weighted by Gasteiger charge is -2.32. The van der Waals surface area contributed by atoms with Crippen molar-refractivity contribution in [3.63, 3.8) is 0 Å². The van der Waals surface area contributed by atoms with Gasteiger partial charge >= 0.3 is 0 Å². The Bertz CT molecular complexity index is 309. The molecule has 0 atom stereocenters. The van der Waals surface area contributed by atoms with Crippen LogP contribution in [0.2, 0.25) is 0 Å². The van der Waals surface area contributed by atoms with Crippen molar-refractivity contribution in [3.05, 3.63) is 0 Å². The quantitative estimate of drug-likeness (QED) is 0.763. The lowest BCUT2D eigenvalue weighted by atomic mass is 10.2. The van der Waals surface area contributed by atoms with Crippen LogP contribution in [0, 0.1) is 0 Å². The third-order valence-corrected chi connectivity index (χ3v) is 5.60. The normalized spacial score (nSPS) is 19.1. The van der Waals surface area contributed by atoms with Crippen LogP contribution < -0.4 is 0 Å². The number of nitrogens with zero attached hydrogens (tertiary/aromatic N) is 1. The first-order chi connectivity index (χ1) is 8.00. The van der Waals surface area contributed by atoms with Gasteiger partial charge in [-0.3, -0.25) is 0 Å². The zero-order valence-corrected chi connectivity index (χ0v) is 11.4. The van der Waals surface area contributed by atoms with Gasteiger partial charge in [0.25, 0.3) is 0 Å². The second kappa shape index (κ2) is 6.68.